The Hall–Kier alpha value is -4.56. The molecule has 0 N–H and O–H groups in total. The maximum atomic E-state index is 15.5. The summed E-state index contributed by atoms with van der Waals surface area (Å²) in [7, 11) is 0.964. The van der Waals surface area contributed by atoms with E-state index in [1.807, 2.05) is 0 Å². The van der Waals surface area contributed by atoms with E-state index in [-0.39, 0.29) is 0 Å². The zero-order valence-corrected chi connectivity index (χ0v) is 20.6. The van der Waals surface area contributed by atoms with E-state index in [2.05, 4.69) is 4.74 Å². The third-order valence-corrected chi connectivity index (χ3v) is 6.60. The molecule has 15 heteroatoms. The topological polar surface area (TPSA) is 9.23 Å². The number of halogens is 14. The Morgan fingerprint density at radius 1 is 0.488 bits per heavy atom. The Kier molecular flexibility index (Phi) is 6.97. The second kappa shape index (κ2) is 10.0. The number of ether oxygens (including phenoxy) is 1. The van der Waals surface area contributed by atoms with Crippen LogP contribution in [0.25, 0.3) is 43.8 Å². The van der Waals surface area contributed by atoms with E-state index in [9.17, 15) is 30.7 Å². The van der Waals surface area contributed by atoms with E-state index in [1.165, 1.54) is 0 Å². The van der Waals surface area contributed by atoms with Crippen molar-refractivity contribution in [1.82, 2.24) is 0 Å². The standard InChI is InChI=1S/C28H8F14O/c1-43-7-5-10(30)14(11(31)6-7)15-12-8(3-2-4-9(12)29)13(16-17(15)21(33)27(39)26(38)20(16)32)18-22(34)24(36)19(28(40,41)42)25(37)23(18)35/h2-6H,1H3. The molecule has 0 spiro atoms. The SMILES string of the molecule is COc1cc(F)c(-c2c3c(F)cccc3c(-c3c(F)c(F)c(C(F)(F)F)c(F)c3F)c3c(F)c(F)c(F)c(F)c23)c(F)c1. The van der Waals surface area contributed by atoms with Gasteiger partial charge >= 0.3 is 6.18 Å². The van der Waals surface area contributed by atoms with Crippen LogP contribution in [0.1, 0.15) is 5.56 Å². The van der Waals surface area contributed by atoms with Crippen molar-refractivity contribution in [2.75, 3.05) is 7.11 Å². The van der Waals surface area contributed by atoms with Crippen LogP contribution in [0.2, 0.25) is 0 Å². The van der Waals surface area contributed by atoms with Gasteiger partial charge in [0.1, 0.15) is 28.8 Å². The molecule has 0 aliphatic heterocycles. The minimum absolute atomic E-state index is 0.457. The fraction of sp³-hybridized carbons (Fsp3) is 0.0714. The van der Waals surface area contributed by atoms with Crippen LogP contribution in [0.5, 0.6) is 5.75 Å². The first-order chi connectivity index (χ1) is 20.0. The highest BCUT2D eigenvalue weighted by molar-refractivity contribution is 6.22. The molecule has 0 atom stereocenters. The third-order valence-electron chi connectivity index (χ3n) is 6.60. The normalized spacial score (nSPS) is 12.1. The molecule has 0 amide bonds. The highest BCUT2D eigenvalue weighted by Crippen LogP contribution is 2.51. The molecule has 0 saturated heterocycles. The highest BCUT2D eigenvalue weighted by Gasteiger charge is 2.43. The lowest BCUT2D eigenvalue weighted by molar-refractivity contribution is -0.143. The summed E-state index contributed by atoms with van der Waals surface area (Å²) in [6.45, 7) is 0. The molecule has 0 bridgehead atoms. The Morgan fingerprint density at radius 2 is 0.977 bits per heavy atom. The molecule has 0 radical (unpaired) electrons. The Labute approximate surface area is 229 Å². The van der Waals surface area contributed by atoms with Gasteiger partial charge in [0.2, 0.25) is 0 Å². The fourth-order valence-corrected chi connectivity index (χ4v) is 4.86. The summed E-state index contributed by atoms with van der Waals surface area (Å²) in [5.74, 6) is -27.9. The molecule has 1 nitrogen and oxygen atoms in total. The van der Waals surface area contributed by atoms with Crippen molar-refractivity contribution in [2.45, 2.75) is 6.18 Å². The summed E-state index contributed by atoms with van der Waals surface area (Å²) in [5.41, 5.74) is -9.83. The number of rotatable bonds is 3. The first-order valence-electron chi connectivity index (χ1n) is 11.4. The molecule has 5 aromatic carbocycles. The lowest BCUT2D eigenvalue weighted by Crippen LogP contribution is -2.16. The number of hydrogen-bond acceptors (Lipinski definition) is 1. The molecular formula is C28H8F14O. The van der Waals surface area contributed by atoms with Gasteiger partial charge < -0.3 is 4.74 Å². The van der Waals surface area contributed by atoms with E-state index >= 15 is 30.7 Å². The molecule has 43 heavy (non-hydrogen) atoms. The second-order valence-electron chi connectivity index (χ2n) is 8.89. The summed E-state index contributed by atoms with van der Waals surface area (Å²) in [6, 6.07) is 2.70. The van der Waals surface area contributed by atoms with E-state index in [1.54, 1.807) is 0 Å². The van der Waals surface area contributed by atoms with E-state index in [0.29, 0.717) is 30.3 Å². The number of hydrogen-bond donors (Lipinski definition) is 0. The molecular weight excluding hydrogens is 618 g/mol. The fourth-order valence-electron chi connectivity index (χ4n) is 4.86. The summed E-state index contributed by atoms with van der Waals surface area (Å²) in [4.78, 5) is 0. The van der Waals surface area contributed by atoms with Crippen molar-refractivity contribution >= 4 is 21.5 Å². The van der Waals surface area contributed by atoms with Crippen molar-refractivity contribution in [3.05, 3.63) is 99.9 Å². The summed E-state index contributed by atoms with van der Waals surface area (Å²) in [6.07, 6.45) is -6.04. The molecule has 224 valence electrons. The van der Waals surface area contributed by atoms with Gasteiger partial charge in [-0.15, -0.1) is 0 Å². The molecule has 0 fully saturated rings. The number of fused-ring (bicyclic) bond motifs is 2. The number of benzene rings is 5. The van der Waals surface area contributed by atoms with Gasteiger partial charge in [0, 0.05) is 39.4 Å². The van der Waals surface area contributed by atoms with Gasteiger partial charge in [0.15, 0.2) is 46.5 Å². The van der Waals surface area contributed by atoms with Crippen LogP contribution in [-0.4, -0.2) is 7.11 Å². The third kappa shape index (κ3) is 4.23. The van der Waals surface area contributed by atoms with Crippen LogP contribution in [0, 0.1) is 64.0 Å². The van der Waals surface area contributed by atoms with Crippen LogP contribution >= 0.6 is 0 Å². The smallest absolute Gasteiger partial charge is 0.422 e. The lowest BCUT2D eigenvalue weighted by atomic mass is 9.84. The lowest BCUT2D eigenvalue weighted by Gasteiger charge is -2.21. The second-order valence-corrected chi connectivity index (χ2v) is 8.89. The zero-order chi connectivity index (χ0) is 31.9. The van der Waals surface area contributed by atoms with Crippen molar-refractivity contribution < 1.29 is 66.2 Å². The quantitative estimate of drug-likeness (QED) is 0.0839. The maximum absolute atomic E-state index is 15.5. The van der Waals surface area contributed by atoms with E-state index in [0.717, 1.165) is 7.11 Å². The Balaban J connectivity index is 2.18. The number of alkyl halides is 3. The van der Waals surface area contributed by atoms with Gasteiger partial charge in [-0.2, -0.15) is 13.2 Å². The minimum atomic E-state index is -6.04. The first-order valence-corrected chi connectivity index (χ1v) is 11.4. The monoisotopic (exact) mass is 626 g/mol. The number of methoxy groups -OCH3 is 1. The Morgan fingerprint density at radius 3 is 1.44 bits per heavy atom. The highest BCUT2D eigenvalue weighted by atomic mass is 19.4. The molecule has 5 rings (SSSR count). The van der Waals surface area contributed by atoms with Crippen molar-refractivity contribution in [3.8, 4) is 28.0 Å². The maximum Gasteiger partial charge on any atom is 0.422 e. The largest absolute Gasteiger partial charge is 0.497 e. The Bertz CT molecular complexity index is 1960. The van der Waals surface area contributed by atoms with Gasteiger partial charge in [-0.25, -0.2) is 48.3 Å². The van der Waals surface area contributed by atoms with E-state index in [4.69, 9.17) is 0 Å². The molecule has 0 unspecified atom stereocenters. The van der Waals surface area contributed by atoms with E-state index < -0.39 is 125 Å². The van der Waals surface area contributed by atoms with Crippen LogP contribution in [-0.2, 0) is 6.18 Å². The molecule has 0 aromatic heterocycles. The van der Waals surface area contributed by atoms with Gasteiger partial charge in [0.05, 0.1) is 18.2 Å². The van der Waals surface area contributed by atoms with Crippen molar-refractivity contribution in [1.29, 1.82) is 0 Å². The van der Waals surface area contributed by atoms with Gasteiger partial charge in [-0.05, 0) is 11.5 Å². The average molecular weight is 626 g/mol. The summed E-state index contributed by atoms with van der Waals surface area (Å²) >= 11 is 0. The van der Waals surface area contributed by atoms with Gasteiger partial charge in [0.25, 0.3) is 0 Å². The molecule has 5 aromatic rings. The average Bonchev–Trinajstić information content (AvgIpc) is 2.93. The van der Waals surface area contributed by atoms with Crippen molar-refractivity contribution in [3.63, 3.8) is 0 Å². The predicted molar refractivity (Wildman–Crippen MR) is 123 cm³/mol. The zero-order valence-electron chi connectivity index (χ0n) is 20.6. The van der Waals surface area contributed by atoms with Crippen LogP contribution in [0.15, 0.2) is 30.3 Å². The molecule has 0 heterocycles. The predicted octanol–water partition coefficient (Wildman–Crippen LogP) is 9.88. The summed E-state index contributed by atoms with van der Waals surface area (Å²) < 4.78 is 210. The van der Waals surface area contributed by atoms with Crippen LogP contribution in [0.3, 0.4) is 0 Å². The minimum Gasteiger partial charge on any atom is -0.497 e. The first kappa shape index (κ1) is 29.9. The summed E-state index contributed by atoms with van der Waals surface area (Å²) in [5, 5.41) is -6.07. The molecule has 0 aliphatic rings. The van der Waals surface area contributed by atoms with Gasteiger partial charge in [-0.1, -0.05) is 12.1 Å². The molecule has 0 saturated carbocycles. The van der Waals surface area contributed by atoms with Crippen LogP contribution in [0.4, 0.5) is 61.5 Å². The van der Waals surface area contributed by atoms with Crippen molar-refractivity contribution in [2.24, 2.45) is 0 Å². The van der Waals surface area contributed by atoms with Gasteiger partial charge in [-0.3, -0.25) is 0 Å². The molecule has 0 aliphatic carbocycles. The van der Waals surface area contributed by atoms with Crippen LogP contribution < -0.4 is 4.74 Å².